The van der Waals surface area contributed by atoms with Gasteiger partial charge in [-0.15, -0.1) is 0 Å². The molecule has 1 aliphatic rings. The molecule has 1 heterocycles. The lowest BCUT2D eigenvalue weighted by Crippen LogP contribution is -2.32. The average Bonchev–Trinajstić information content (AvgIpc) is 2.80. The summed E-state index contributed by atoms with van der Waals surface area (Å²) in [7, 11) is 1.62. The number of rotatable bonds is 13. The summed E-state index contributed by atoms with van der Waals surface area (Å²) < 4.78 is 11.4. The fraction of sp³-hybridized carbons (Fsp3) is 0.542. The van der Waals surface area contributed by atoms with Crippen LogP contribution in [0.5, 0.6) is 0 Å². The van der Waals surface area contributed by atoms with Gasteiger partial charge in [0.15, 0.2) is 0 Å². The Hall–Kier alpha value is -1.96. The molecule has 1 aliphatic heterocycles. The number of nitrogens with two attached hydrogens (primary N) is 1. The van der Waals surface area contributed by atoms with Crippen LogP contribution in [-0.2, 0) is 14.3 Å². The molecule has 6 nitrogen and oxygen atoms in total. The number of likely N-dealkylation sites (tertiary alicyclic amines) is 1. The van der Waals surface area contributed by atoms with E-state index < -0.39 is 0 Å². The monoisotopic (exact) mass is 449 g/mol. The fourth-order valence-corrected chi connectivity index (χ4v) is 3.50. The molecule has 174 valence electrons. The highest BCUT2D eigenvalue weighted by atomic mass is 32.2. The first-order chi connectivity index (χ1) is 15.0. The maximum Gasteiger partial charge on any atom is 0.247 e. The Morgan fingerprint density at radius 1 is 1.32 bits per heavy atom. The van der Waals surface area contributed by atoms with Gasteiger partial charge in [-0.25, -0.2) is 0 Å². The van der Waals surface area contributed by atoms with Crippen LogP contribution in [0.3, 0.4) is 0 Å². The third-order valence-corrected chi connectivity index (χ3v) is 5.63. The molecule has 7 heteroatoms. The van der Waals surface area contributed by atoms with E-state index in [1.807, 2.05) is 45.1 Å². The Morgan fingerprint density at radius 2 is 2.03 bits per heavy atom. The van der Waals surface area contributed by atoms with Gasteiger partial charge in [0.25, 0.3) is 0 Å². The number of allylic oxidation sites excluding steroid dienone is 5. The highest BCUT2D eigenvalue weighted by Crippen LogP contribution is 2.28. The number of hydrogen-bond acceptors (Lipinski definition) is 6. The quantitative estimate of drug-likeness (QED) is 0.142. The average molecular weight is 450 g/mol. The van der Waals surface area contributed by atoms with Crippen LogP contribution in [-0.4, -0.2) is 49.4 Å². The third-order valence-electron chi connectivity index (χ3n) is 5.01. The Balaban J connectivity index is 3.46. The zero-order valence-corrected chi connectivity index (χ0v) is 20.3. The molecule has 1 saturated heterocycles. The summed E-state index contributed by atoms with van der Waals surface area (Å²) in [6, 6.07) is 0. The van der Waals surface area contributed by atoms with Crippen molar-refractivity contribution in [3.05, 3.63) is 59.7 Å². The SMILES string of the molecule is C=C/C=C\C(=C/C)O/C(=C(/C=C(\CC)C(=O)NCCOC)N1CCCCC1)C(C)SN. The molecule has 3 N–H and O–H groups in total. The van der Waals surface area contributed by atoms with Gasteiger partial charge in [-0.1, -0.05) is 37.6 Å². The molecule has 1 unspecified atom stereocenters. The van der Waals surface area contributed by atoms with Crippen molar-refractivity contribution in [2.75, 3.05) is 33.4 Å². The van der Waals surface area contributed by atoms with Crippen LogP contribution >= 0.6 is 11.9 Å². The molecule has 0 saturated carbocycles. The number of nitrogens with one attached hydrogen (secondary N) is 1. The van der Waals surface area contributed by atoms with Crippen molar-refractivity contribution in [3.63, 3.8) is 0 Å². The van der Waals surface area contributed by atoms with Crippen molar-refractivity contribution >= 4 is 17.9 Å². The molecule has 0 aliphatic carbocycles. The van der Waals surface area contributed by atoms with Gasteiger partial charge in [0.1, 0.15) is 11.5 Å². The van der Waals surface area contributed by atoms with E-state index in [1.165, 1.54) is 18.4 Å². The summed E-state index contributed by atoms with van der Waals surface area (Å²) in [4.78, 5) is 15.1. The van der Waals surface area contributed by atoms with Crippen LogP contribution in [0.25, 0.3) is 0 Å². The molecular formula is C24H39N3O3S. The van der Waals surface area contributed by atoms with Gasteiger partial charge in [0, 0.05) is 32.3 Å². The number of carbonyl (C=O) groups is 1. The Labute approximate surface area is 192 Å². The van der Waals surface area contributed by atoms with Gasteiger partial charge < -0.3 is 19.7 Å². The number of ether oxygens (including phenoxy) is 2. The number of nitrogens with zero attached hydrogens (tertiary/aromatic N) is 1. The van der Waals surface area contributed by atoms with Crippen molar-refractivity contribution < 1.29 is 14.3 Å². The van der Waals surface area contributed by atoms with Gasteiger partial charge in [-0.2, -0.15) is 0 Å². The highest BCUT2D eigenvalue weighted by Gasteiger charge is 2.23. The molecule has 0 spiro atoms. The van der Waals surface area contributed by atoms with Gasteiger partial charge in [0.05, 0.1) is 17.6 Å². The molecule has 0 radical (unpaired) electrons. The molecular weight excluding hydrogens is 410 g/mol. The fourth-order valence-electron chi connectivity index (χ4n) is 3.21. The molecule has 31 heavy (non-hydrogen) atoms. The third kappa shape index (κ3) is 9.37. The predicted octanol–water partition coefficient (Wildman–Crippen LogP) is 4.44. The molecule has 1 fully saturated rings. The molecule has 1 amide bonds. The zero-order valence-electron chi connectivity index (χ0n) is 19.5. The van der Waals surface area contributed by atoms with E-state index in [-0.39, 0.29) is 11.2 Å². The minimum atomic E-state index is -0.0880. The van der Waals surface area contributed by atoms with E-state index in [0.29, 0.717) is 30.9 Å². The highest BCUT2D eigenvalue weighted by molar-refractivity contribution is 7.97. The molecule has 0 aromatic heterocycles. The van der Waals surface area contributed by atoms with Crippen LogP contribution < -0.4 is 10.5 Å². The van der Waals surface area contributed by atoms with Crippen LogP contribution in [0.4, 0.5) is 0 Å². The van der Waals surface area contributed by atoms with E-state index in [1.54, 1.807) is 13.2 Å². The lowest BCUT2D eigenvalue weighted by atomic mass is 10.1. The first kappa shape index (κ1) is 27.1. The molecule has 1 atom stereocenters. The van der Waals surface area contributed by atoms with E-state index in [9.17, 15) is 4.79 Å². The standard InChI is InChI=1S/C24H39N3O3S/c1-6-9-13-21(8-3)30-23(19(4)31-25)22(27-15-11-10-12-16-27)18-20(7-2)24(28)26-14-17-29-5/h6,8-9,13,18-19H,1,7,10-12,14-17,25H2,2-5H3,(H,26,28)/b13-9-,20-18+,21-8+,23-22-. The summed E-state index contributed by atoms with van der Waals surface area (Å²) in [5.41, 5.74) is 1.63. The first-order valence-corrected chi connectivity index (χ1v) is 11.9. The van der Waals surface area contributed by atoms with Gasteiger partial charge >= 0.3 is 0 Å². The number of piperidine rings is 1. The van der Waals surface area contributed by atoms with Crippen molar-refractivity contribution in [2.24, 2.45) is 5.14 Å². The van der Waals surface area contributed by atoms with Gasteiger partial charge in [0.2, 0.25) is 5.91 Å². The molecule has 0 bridgehead atoms. The van der Waals surface area contributed by atoms with Crippen molar-refractivity contribution in [2.45, 2.75) is 51.7 Å². The minimum Gasteiger partial charge on any atom is -0.459 e. The van der Waals surface area contributed by atoms with Crippen LogP contribution in [0.15, 0.2) is 59.7 Å². The summed E-state index contributed by atoms with van der Waals surface area (Å²) in [6.07, 6.45) is 13.4. The maximum atomic E-state index is 12.8. The van der Waals surface area contributed by atoms with E-state index in [2.05, 4.69) is 16.8 Å². The minimum absolute atomic E-state index is 0.0840. The van der Waals surface area contributed by atoms with Gasteiger partial charge in [-0.05, 0) is 57.8 Å². The van der Waals surface area contributed by atoms with E-state index in [0.717, 1.165) is 37.4 Å². The summed E-state index contributed by atoms with van der Waals surface area (Å²) in [6.45, 7) is 12.5. The van der Waals surface area contributed by atoms with Crippen LogP contribution in [0, 0.1) is 0 Å². The Kier molecular flexibility index (Phi) is 13.8. The topological polar surface area (TPSA) is 76.8 Å². The van der Waals surface area contributed by atoms with Crippen molar-refractivity contribution in [1.82, 2.24) is 10.2 Å². The number of hydrogen-bond donors (Lipinski definition) is 2. The number of methoxy groups -OCH3 is 1. The van der Waals surface area contributed by atoms with Crippen molar-refractivity contribution in [3.8, 4) is 0 Å². The first-order valence-electron chi connectivity index (χ1n) is 11.0. The Bertz CT molecular complexity index is 692. The summed E-state index contributed by atoms with van der Waals surface area (Å²) in [5, 5.41) is 8.82. The summed E-state index contributed by atoms with van der Waals surface area (Å²) >= 11 is 1.23. The lowest BCUT2D eigenvalue weighted by molar-refractivity contribution is -0.117. The lowest BCUT2D eigenvalue weighted by Gasteiger charge is -2.33. The molecule has 0 aromatic rings. The van der Waals surface area contributed by atoms with E-state index >= 15 is 0 Å². The van der Waals surface area contributed by atoms with Crippen LogP contribution in [0.1, 0.15) is 46.5 Å². The summed E-state index contributed by atoms with van der Waals surface area (Å²) in [5.74, 6) is 1.38. The zero-order chi connectivity index (χ0) is 23.1. The van der Waals surface area contributed by atoms with Crippen LogP contribution in [0.2, 0.25) is 0 Å². The number of carbonyl (C=O) groups excluding carboxylic acids is 1. The van der Waals surface area contributed by atoms with E-state index in [4.69, 9.17) is 14.6 Å². The number of amides is 1. The normalized spacial score (nSPS) is 17.4. The second-order valence-corrected chi connectivity index (χ2v) is 8.21. The van der Waals surface area contributed by atoms with Gasteiger partial charge in [-0.3, -0.25) is 9.93 Å². The Morgan fingerprint density at radius 3 is 2.58 bits per heavy atom. The molecule has 1 rings (SSSR count). The second kappa shape index (κ2) is 15.8. The molecule has 0 aromatic carbocycles. The predicted molar refractivity (Wildman–Crippen MR) is 131 cm³/mol. The maximum absolute atomic E-state index is 12.8. The second-order valence-electron chi connectivity index (χ2n) is 7.24. The van der Waals surface area contributed by atoms with Crippen molar-refractivity contribution in [1.29, 1.82) is 0 Å². The smallest absolute Gasteiger partial charge is 0.247 e. The largest absolute Gasteiger partial charge is 0.459 e.